The summed E-state index contributed by atoms with van der Waals surface area (Å²) in [4.78, 5) is 14.1. The summed E-state index contributed by atoms with van der Waals surface area (Å²) in [6.07, 6.45) is 1.75. The molecule has 6 heteroatoms. The van der Waals surface area contributed by atoms with Crippen LogP contribution in [-0.4, -0.2) is 20.6 Å². The molecular formula is C26H22FN5. The van der Waals surface area contributed by atoms with Gasteiger partial charge >= 0.3 is 0 Å². The van der Waals surface area contributed by atoms with Crippen LogP contribution in [0.4, 0.5) is 15.9 Å². The molecule has 2 aliphatic rings. The molecule has 0 fully saturated rings. The number of halogens is 1. The van der Waals surface area contributed by atoms with Crippen LogP contribution in [0, 0.1) is 5.82 Å². The van der Waals surface area contributed by atoms with Crippen LogP contribution >= 0.6 is 0 Å². The largest absolute Gasteiger partial charge is 0.338 e. The molecule has 32 heavy (non-hydrogen) atoms. The molecule has 0 amide bonds. The Labute approximate surface area is 185 Å². The first kappa shape index (κ1) is 19.9. The van der Waals surface area contributed by atoms with Crippen LogP contribution in [0.2, 0.25) is 0 Å². The van der Waals surface area contributed by atoms with Crippen LogP contribution in [0.3, 0.4) is 0 Å². The van der Waals surface area contributed by atoms with E-state index in [4.69, 9.17) is 9.98 Å². The molecule has 0 spiro atoms. The Morgan fingerprint density at radius 1 is 0.938 bits per heavy atom. The van der Waals surface area contributed by atoms with E-state index in [1.807, 2.05) is 68.4 Å². The zero-order chi connectivity index (χ0) is 22.1. The molecule has 1 aliphatic carbocycles. The molecule has 0 saturated heterocycles. The lowest BCUT2D eigenvalue weighted by atomic mass is 10.1. The highest BCUT2D eigenvalue weighted by Crippen LogP contribution is 2.30. The second-order valence-electron chi connectivity index (χ2n) is 7.83. The predicted octanol–water partition coefficient (Wildman–Crippen LogP) is 5.72. The van der Waals surface area contributed by atoms with Crippen molar-refractivity contribution < 1.29 is 4.39 Å². The Bertz CT molecular complexity index is 1420. The average Bonchev–Trinajstić information content (AvgIpc) is 2.79. The molecule has 0 bridgehead atoms. The summed E-state index contributed by atoms with van der Waals surface area (Å²) in [5.74, 6) is 0.466. The predicted molar refractivity (Wildman–Crippen MR) is 126 cm³/mol. The molecule has 0 radical (unpaired) electrons. The highest BCUT2D eigenvalue weighted by molar-refractivity contribution is 5.84. The number of hydrogen-bond acceptors (Lipinski definition) is 4. The number of anilines is 2. The summed E-state index contributed by atoms with van der Waals surface area (Å²) < 4.78 is 15.7. The summed E-state index contributed by atoms with van der Waals surface area (Å²) >= 11 is 0. The standard InChI is InChI=1S/C26H22FN5/c1-17(2)29-22-16-25-23(15-21(22)31-26-9-5-6-14-28-26)30-20-7-3-4-8-24(20)32(25)19-12-10-18(27)11-13-19/h3-17H,1-2H3,(H,28,31)/b29-22+. The van der Waals surface area contributed by atoms with Gasteiger partial charge in [-0.05, 0) is 74.5 Å². The molecule has 2 heterocycles. The van der Waals surface area contributed by atoms with Gasteiger partial charge in [0.25, 0.3) is 0 Å². The number of fused-ring (bicyclic) bond motifs is 2. The third-order valence-corrected chi connectivity index (χ3v) is 5.11. The zero-order valence-corrected chi connectivity index (χ0v) is 17.8. The minimum absolute atomic E-state index is 0.101. The van der Waals surface area contributed by atoms with Gasteiger partial charge in [-0.2, -0.15) is 0 Å². The lowest BCUT2D eigenvalue weighted by molar-refractivity contribution is 0.627. The van der Waals surface area contributed by atoms with Gasteiger partial charge in [-0.3, -0.25) is 4.99 Å². The van der Waals surface area contributed by atoms with E-state index in [1.165, 1.54) is 12.1 Å². The number of nitrogens with one attached hydrogen (secondary N) is 1. The van der Waals surface area contributed by atoms with Crippen LogP contribution in [0.15, 0.2) is 90.1 Å². The number of rotatable bonds is 4. The van der Waals surface area contributed by atoms with Crippen molar-refractivity contribution in [2.75, 3.05) is 5.32 Å². The molecule has 5 rings (SSSR count). The van der Waals surface area contributed by atoms with Gasteiger partial charge in [-0.1, -0.05) is 18.2 Å². The highest BCUT2D eigenvalue weighted by Gasteiger charge is 2.17. The summed E-state index contributed by atoms with van der Waals surface area (Å²) in [6.45, 7) is 4.09. The van der Waals surface area contributed by atoms with Crippen molar-refractivity contribution in [2.45, 2.75) is 19.9 Å². The lowest BCUT2D eigenvalue weighted by Gasteiger charge is -2.20. The fourth-order valence-corrected chi connectivity index (χ4v) is 3.77. The Balaban J connectivity index is 1.83. The molecule has 3 aromatic rings. The lowest BCUT2D eigenvalue weighted by Crippen LogP contribution is -2.16. The van der Waals surface area contributed by atoms with E-state index in [-0.39, 0.29) is 11.9 Å². The quantitative estimate of drug-likeness (QED) is 0.376. The van der Waals surface area contributed by atoms with Crippen molar-refractivity contribution in [1.82, 2.24) is 14.5 Å². The monoisotopic (exact) mass is 423 g/mol. The maximum absolute atomic E-state index is 13.6. The van der Waals surface area contributed by atoms with Crippen LogP contribution in [0.1, 0.15) is 13.8 Å². The van der Waals surface area contributed by atoms with E-state index in [9.17, 15) is 4.39 Å². The molecule has 158 valence electrons. The van der Waals surface area contributed by atoms with E-state index in [1.54, 1.807) is 18.3 Å². The van der Waals surface area contributed by atoms with Crippen LogP contribution < -0.4 is 10.7 Å². The van der Waals surface area contributed by atoms with E-state index in [0.29, 0.717) is 0 Å². The second-order valence-corrected chi connectivity index (χ2v) is 7.83. The fraction of sp³-hybridized carbons (Fsp3) is 0.115. The van der Waals surface area contributed by atoms with Gasteiger partial charge in [0.15, 0.2) is 0 Å². The molecule has 1 N–H and O–H groups in total. The van der Waals surface area contributed by atoms with Gasteiger partial charge in [0.2, 0.25) is 0 Å². The second kappa shape index (κ2) is 8.23. The van der Waals surface area contributed by atoms with E-state index in [0.717, 1.165) is 45.0 Å². The summed E-state index contributed by atoms with van der Waals surface area (Å²) in [5, 5.41) is 4.19. The molecule has 0 atom stereocenters. The highest BCUT2D eigenvalue weighted by atomic mass is 19.1. The zero-order valence-electron chi connectivity index (χ0n) is 17.8. The van der Waals surface area contributed by atoms with Crippen molar-refractivity contribution in [3.63, 3.8) is 0 Å². The molecular weight excluding hydrogens is 401 g/mol. The van der Waals surface area contributed by atoms with Gasteiger partial charge in [-0.15, -0.1) is 0 Å². The summed E-state index contributed by atoms with van der Waals surface area (Å²) in [6, 6.07) is 24.3. The Hall–Kier alpha value is -4.06. The topological polar surface area (TPSA) is 55.1 Å². The maximum Gasteiger partial charge on any atom is 0.130 e. The van der Waals surface area contributed by atoms with E-state index >= 15 is 0 Å². The molecule has 5 nitrogen and oxygen atoms in total. The first-order valence-electron chi connectivity index (χ1n) is 10.5. The SMILES string of the molecule is CC(C)/N=c1\cc2n(-c3ccc(F)cc3)c3ccccc3nc-2cc1Nc1ccccn1. The van der Waals surface area contributed by atoms with Crippen molar-refractivity contribution >= 4 is 22.5 Å². The smallest absolute Gasteiger partial charge is 0.130 e. The van der Waals surface area contributed by atoms with Crippen molar-refractivity contribution in [1.29, 1.82) is 0 Å². The number of nitrogens with zero attached hydrogens (tertiary/aromatic N) is 4. The Morgan fingerprint density at radius 2 is 1.72 bits per heavy atom. The fourth-order valence-electron chi connectivity index (χ4n) is 3.77. The number of para-hydroxylation sites is 2. The first-order chi connectivity index (χ1) is 15.6. The Kier molecular flexibility index (Phi) is 5.11. The number of pyridine rings is 1. The third-order valence-electron chi connectivity index (χ3n) is 5.11. The van der Waals surface area contributed by atoms with E-state index in [2.05, 4.69) is 14.9 Å². The Morgan fingerprint density at radius 3 is 2.47 bits per heavy atom. The summed E-state index contributed by atoms with van der Waals surface area (Å²) in [7, 11) is 0. The average molecular weight is 423 g/mol. The summed E-state index contributed by atoms with van der Waals surface area (Å²) in [5.41, 5.74) is 5.17. The van der Waals surface area contributed by atoms with Gasteiger partial charge in [0, 0.05) is 17.9 Å². The van der Waals surface area contributed by atoms with Gasteiger partial charge < -0.3 is 9.88 Å². The normalized spacial score (nSPS) is 12.1. The van der Waals surface area contributed by atoms with Crippen LogP contribution in [0.5, 0.6) is 0 Å². The van der Waals surface area contributed by atoms with Gasteiger partial charge in [0.1, 0.15) is 11.6 Å². The van der Waals surface area contributed by atoms with Gasteiger partial charge in [-0.25, -0.2) is 14.4 Å². The molecule has 1 aromatic heterocycles. The number of aromatic nitrogens is 3. The van der Waals surface area contributed by atoms with Crippen molar-refractivity contribution in [2.24, 2.45) is 4.99 Å². The van der Waals surface area contributed by atoms with Crippen LogP contribution in [-0.2, 0) is 0 Å². The molecule has 1 aliphatic heterocycles. The van der Waals surface area contributed by atoms with Crippen LogP contribution in [0.25, 0.3) is 28.1 Å². The molecule has 0 saturated carbocycles. The van der Waals surface area contributed by atoms with E-state index < -0.39 is 0 Å². The van der Waals surface area contributed by atoms with Crippen molar-refractivity contribution in [3.8, 4) is 17.1 Å². The first-order valence-corrected chi connectivity index (χ1v) is 10.5. The number of hydrogen-bond donors (Lipinski definition) is 1. The molecule has 2 aromatic carbocycles. The van der Waals surface area contributed by atoms with Crippen molar-refractivity contribution in [3.05, 3.63) is 96.2 Å². The third kappa shape index (κ3) is 3.83. The maximum atomic E-state index is 13.6. The minimum Gasteiger partial charge on any atom is -0.338 e. The minimum atomic E-state index is -0.269. The molecule has 0 unspecified atom stereocenters. The van der Waals surface area contributed by atoms with Gasteiger partial charge in [0.05, 0.1) is 33.5 Å². The number of benzene rings is 3.